The van der Waals surface area contributed by atoms with Gasteiger partial charge in [-0.3, -0.25) is 0 Å². The Hall–Kier alpha value is -1.71. The highest BCUT2D eigenvalue weighted by molar-refractivity contribution is 5.74. The minimum absolute atomic E-state index is 0.0871. The number of anilines is 1. The van der Waals surface area contributed by atoms with Gasteiger partial charge in [0.1, 0.15) is 0 Å². The second kappa shape index (κ2) is 8.06. The van der Waals surface area contributed by atoms with Gasteiger partial charge in [0.15, 0.2) is 0 Å². The number of nitrogens with zero attached hydrogens (tertiary/aromatic N) is 2. The topological polar surface area (TPSA) is 35.6 Å². The summed E-state index contributed by atoms with van der Waals surface area (Å²) in [7, 11) is 0. The van der Waals surface area contributed by atoms with Crippen LogP contribution in [0.25, 0.3) is 0 Å². The van der Waals surface area contributed by atoms with Gasteiger partial charge in [-0.05, 0) is 30.4 Å². The predicted molar refractivity (Wildman–Crippen MR) is 92.5 cm³/mol. The van der Waals surface area contributed by atoms with Crippen molar-refractivity contribution in [3.63, 3.8) is 0 Å². The lowest BCUT2D eigenvalue weighted by Crippen LogP contribution is -2.52. The maximum Gasteiger partial charge on any atom is 0.317 e. The highest BCUT2D eigenvalue weighted by atomic mass is 16.2. The Bertz CT molecular complexity index is 479. The Balaban J connectivity index is 1.84. The number of amides is 2. The number of nitrogens with one attached hydrogen (secondary N) is 1. The molecule has 1 N–H and O–H groups in total. The number of piperazine rings is 1. The molecule has 0 aliphatic carbocycles. The molecule has 0 saturated carbocycles. The van der Waals surface area contributed by atoms with E-state index in [4.69, 9.17) is 0 Å². The summed E-state index contributed by atoms with van der Waals surface area (Å²) in [6, 6.07) is 8.67. The van der Waals surface area contributed by atoms with Gasteiger partial charge in [0, 0.05) is 38.4 Å². The minimum atomic E-state index is 0.0871. The summed E-state index contributed by atoms with van der Waals surface area (Å²) < 4.78 is 0. The molecule has 0 unspecified atom stereocenters. The SMILES string of the molecule is CCc1ccccc1N1CCN(C(=O)NCCC(C)C)CC1. The van der Waals surface area contributed by atoms with E-state index in [1.165, 1.54) is 11.3 Å². The molecule has 0 spiro atoms. The zero-order valence-corrected chi connectivity index (χ0v) is 14.1. The molecule has 1 saturated heterocycles. The van der Waals surface area contributed by atoms with Crippen molar-refractivity contribution in [1.29, 1.82) is 0 Å². The van der Waals surface area contributed by atoms with Gasteiger partial charge in [0.25, 0.3) is 0 Å². The van der Waals surface area contributed by atoms with Gasteiger partial charge in [-0.25, -0.2) is 4.79 Å². The molecule has 122 valence electrons. The lowest BCUT2D eigenvalue weighted by atomic mass is 10.1. The van der Waals surface area contributed by atoms with Crippen LogP contribution in [0.2, 0.25) is 0 Å². The fourth-order valence-electron chi connectivity index (χ4n) is 2.85. The number of para-hydroxylation sites is 1. The molecule has 0 bridgehead atoms. The molecule has 22 heavy (non-hydrogen) atoms. The summed E-state index contributed by atoms with van der Waals surface area (Å²) in [5, 5.41) is 3.03. The van der Waals surface area contributed by atoms with E-state index in [2.05, 4.69) is 55.3 Å². The first-order valence-corrected chi connectivity index (χ1v) is 8.47. The van der Waals surface area contributed by atoms with Crippen molar-refractivity contribution >= 4 is 11.7 Å². The van der Waals surface area contributed by atoms with Crippen molar-refractivity contribution in [1.82, 2.24) is 10.2 Å². The fraction of sp³-hybridized carbons (Fsp3) is 0.611. The summed E-state index contributed by atoms with van der Waals surface area (Å²) in [6.45, 7) is 10.7. The molecule has 1 aliphatic rings. The number of hydrogen-bond acceptors (Lipinski definition) is 2. The number of aryl methyl sites for hydroxylation is 1. The second-order valence-corrected chi connectivity index (χ2v) is 6.37. The number of rotatable bonds is 5. The van der Waals surface area contributed by atoms with E-state index in [-0.39, 0.29) is 6.03 Å². The summed E-state index contributed by atoms with van der Waals surface area (Å²) in [5.41, 5.74) is 2.71. The molecular weight excluding hydrogens is 274 g/mol. The lowest BCUT2D eigenvalue weighted by Gasteiger charge is -2.37. The van der Waals surface area contributed by atoms with Gasteiger partial charge >= 0.3 is 6.03 Å². The van der Waals surface area contributed by atoms with E-state index in [1.807, 2.05) is 4.90 Å². The highest BCUT2D eigenvalue weighted by Gasteiger charge is 2.21. The fourth-order valence-corrected chi connectivity index (χ4v) is 2.85. The van der Waals surface area contributed by atoms with E-state index in [0.29, 0.717) is 5.92 Å². The molecule has 2 rings (SSSR count). The third kappa shape index (κ3) is 4.39. The Labute approximate surface area is 134 Å². The van der Waals surface area contributed by atoms with Crippen molar-refractivity contribution in [3.8, 4) is 0 Å². The molecule has 4 heteroatoms. The molecule has 0 aromatic heterocycles. The van der Waals surface area contributed by atoms with Crippen LogP contribution in [0.1, 0.15) is 32.8 Å². The maximum atomic E-state index is 12.1. The molecule has 1 aromatic carbocycles. The predicted octanol–water partition coefficient (Wildman–Crippen LogP) is 3.13. The Morgan fingerprint density at radius 3 is 2.50 bits per heavy atom. The Morgan fingerprint density at radius 2 is 1.86 bits per heavy atom. The quantitative estimate of drug-likeness (QED) is 0.907. The van der Waals surface area contributed by atoms with Crippen molar-refractivity contribution < 1.29 is 4.79 Å². The molecule has 1 aromatic rings. The largest absolute Gasteiger partial charge is 0.368 e. The van der Waals surface area contributed by atoms with Crippen molar-refractivity contribution in [2.24, 2.45) is 5.92 Å². The van der Waals surface area contributed by atoms with E-state index in [9.17, 15) is 4.79 Å². The van der Waals surface area contributed by atoms with Gasteiger partial charge in [-0.1, -0.05) is 39.0 Å². The Morgan fingerprint density at radius 1 is 1.18 bits per heavy atom. The van der Waals surface area contributed by atoms with Gasteiger partial charge in [0.2, 0.25) is 0 Å². The van der Waals surface area contributed by atoms with Crippen LogP contribution in [0.5, 0.6) is 0 Å². The van der Waals surface area contributed by atoms with E-state index in [0.717, 1.165) is 45.6 Å². The van der Waals surface area contributed by atoms with Crippen molar-refractivity contribution in [2.45, 2.75) is 33.6 Å². The van der Waals surface area contributed by atoms with Gasteiger partial charge in [0.05, 0.1) is 0 Å². The summed E-state index contributed by atoms with van der Waals surface area (Å²) in [4.78, 5) is 16.5. The molecule has 0 atom stereocenters. The molecule has 0 radical (unpaired) electrons. The molecule has 1 heterocycles. The van der Waals surface area contributed by atoms with Crippen LogP contribution in [0.4, 0.5) is 10.5 Å². The summed E-state index contributed by atoms with van der Waals surface area (Å²) in [5.74, 6) is 0.627. The standard InChI is InChI=1S/C18H29N3O/c1-4-16-7-5-6-8-17(16)20-11-13-21(14-12-20)18(22)19-10-9-15(2)3/h5-8,15H,4,9-14H2,1-3H3,(H,19,22). The molecule has 1 aliphatic heterocycles. The first kappa shape index (κ1) is 16.7. The number of carbonyl (C=O) groups is 1. The summed E-state index contributed by atoms with van der Waals surface area (Å²) >= 11 is 0. The smallest absolute Gasteiger partial charge is 0.317 e. The van der Waals surface area contributed by atoms with Crippen LogP contribution in [-0.2, 0) is 6.42 Å². The minimum Gasteiger partial charge on any atom is -0.368 e. The summed E-state index contributed by atoms with van der Waals surface area (Å²) in [6.07, 6.45) is 2.08. The number of hydrogen-bond donors (Lipinski definition) is 1. The Kier molecular flexibility index (Phi) is 6.10. The monoisotopic (exact) mass is 303 g/mol. The average Bonchev–Trinajstić information content (AvgIpc) is 2.54. The van der Waals surface area contributed by atoms with Crippen molar-refractivity contribution in [2.75, 3.05) is 37.6 Å². The highest BCUT2D eigenvalue weighted by Crippen LogP contribution is 2.22. The number of urea groups is 1. The number of carbonyl (C=O) groups excluding carboxylic acids is 1. The van der Waals surface area contributed by atoms with Gasteiger partial charge in [-0.15, -0.1) is 0 Å². The molecule has 2 amide bonds. The molecule has 1 fully saturated rings. The van der Waals surface area contributed by atoms with E-state index in [1.54, 1.807) is 0 Å². The first-order valence-electron chi connectivity index (χ1n) is 8.47. The molecule has 4 nitrogen and oxygen atoms in total. The van der Waals surface area contributed by atoms with Gasteiger partial charge < -0.3 is 15.1 Å². The van der Waals surface area contributed by atoms with Crippen LogP contribution in [0.15, 0.2) is 24.3 Å². The van der Waals surface area contributed by atoms with Crippen LogP contribution >= 0.6 is 0 Å². The van der Waals surface area contributed by atoms with Crippen LogP contribution < -0.4 is 10.2 Å². The zero-order valence-electron chi connectivity index (χ0n) is 14.1. The first-order chi connectivity index (χ1) is 10.6. The average molecular weight is 303 g/mol. The third-order valence-corrected chi connectivity index (χ3v) is 4.28. The normalized spacial score (nSPS) is 15.3. The zero-order chi connectivity index (χ0) is 15.9. The molecular formula is C18H29N3O. The lowest BCUT2D eigenvalue weighted by molar-refractivity contribution is 0.194. The third-order valence-electron chi connectivity index (χ3n) is 4.28. The second-order valence-electron chi connectivity index (χ2n) is 6.37. The van der Waals surface area contributed by atoms with E-state index >= 15 is 0 Å². The van der Waals surface area contributed by atoms with Gasteiger partial charge in [-0.2, -0.15) is 0 Å². The van der Waals surface area contributed by atoms with Crippen LogP contribution in [-0.4, -0.2) is 43.7 Å². The van der Waals surface area contributed by atoms with Crippen LogP contribution in [0.3, 0.4) is 0 Å². The van der Waals surface area contributed by atoms with E-state index < -0.39 is 0 Å². The van der Waals surface area contributed by atoms with Crippen LogP contribution in [0, 0.1) is 5.92 Å². The van der Waals surface area contributed by atoms with Crippen molar-refractivity contribution in [3.05, 3.63) is 29.8 Å². The number of benzene rings is 1. The maximum absolute atomic E-state index is 12.1.